The first-order chi connectivity index (χ1) is 15.8. The number of carbonyl (C=O) groups is 2. The van der Waals surface area contributed by atoms with Gasteiger partial charge in [0.1, 0.15) is 26.5 Å². The van der Waals surface area contributed by atoms with Crippen molar-refractivity contribution >= 4 is 50.9 Å². The SMILES string of the molecule is COC(=O)c1sc(N/C=C(/C#N)c2nc(-c3ccc([N+](=O)[O-])cc3)cs2)c(C(=O)OC)c1C. The van der Waals surface area contributed by atoms with Crippen LogP contribution in [0.5, 0.6) is 0 Å². The molecule has 168 valence electrons. The second-order valence-corrected chi connectivity index (χ2v) is 8.28. The highest BCUT2D eigenvalue weighted by molar-refractivity contribution is 7.18. The van der Waals surface area contributed by atoms with Gasteiger partial charge in [0.05, 0.1) is 30.4 Å². The number of ether oxygens (including phenoxy) is 2. The van der Waals surface area contributed by atoms with E-state index >= 15 is 0 Å². The molecule has 0 unspecified atom stereocenters. The molecule has 0 amide bonds. The molecular formula is C21H16N4O6S2. The Hall–Kier alpha value is -4.08. The van der Waals surface area contributed by atoms with Crippen molar-refractivity contribution in [1.29, 1.82) is 5.26 Å². The van der Waals surface area contributed by atoms with Crippen LogP contribution in [0.2, 0.25) is 0 Å². The Morgan fingerprint density at radius 2 is 1.88 bits per heavy atom. The first-order valence-electron chi connectivity index (χ1n) is 9.18. The summed E-state index contributed by atoms with van der Waals surface area (Å²) in [7, 11) is 2.47. The molecule has 0 bridgehead atoms. The van der Waals surface area contributed by atoms with Crippen molar-refractivity contribution in [3.8, 4) is 17.3 Å². The van der Waals surface area contributed by atoms with Crippen molar-refractivity contribution < 1.29 is 24.0 Å². The number of nitro benzene ring substituents is 1. The van der Waals surface area contributed by atoms with Crippen LogP contribution in [0, 0.1) is 28.4 Å². The summed E-state index contributed by atoms with van der Waals surface area (Å²) >= 11 is 2.22. The van der Waals surface area contributed by atoms with Crippen LogP contribution in [0.15, 0.2) is 35.8 Å². The Bertz CT molecular complexity index is 1300. The van der Waals surface area contributed by atoms with Crippen LogP contribution in [0.25, 0.3) is 16.8 Å². The van der Waals surface area contributed by atoms with Crippen molar-refractivity contribution in [2.24, 2.45) is 0 Å². The van der Waals surface area contributed by atoms with E-state index in [-0.39, 0.29) is 21.7 Å². The standard InChI is InChI=1S/C21H16N4O6S2/c1-11-16(20(26)30-2)19(33-17(11)21(27)31-3)23-9-13(8-22)18-24-15(10-32-18)12-4-6-14(7-5-12)25(28)29/h4-7,9-10,23H,1-3H3/b13-9-. The number of hydrogen-bond acceptors (Lipinski definition) is 11. The van der Waals surface area contributed by atoms with Gasteiger partial charge in [0.15, 0.2) is 0 Å². The molecule has 2 aromatic heterocycles. The number of anilines is 1. The molecule has 1 aromatic carbocycles. The predicted octanol–water partition coefficient (Wildman–Crippen LogP) is 4.64. The minimum Gasteiger partial charge on any atom is -0.465 e. The van der Waals surface area contributed by atoms with Gasteiger partial charge in [-0.05, 0) is 24.6 Å². The van der Waals surface area contributed by atoms with Gasteiger partial charge in [-0.3, -0.25) is 10.1 Å². The van der Waals surface area contributed by atoms with E-state index in [4.69, 9.17) is 9.47 Å². The maximum absolute atomic E-state index is 12.2. The fraction of sp³-hybridized carbons (Fsp3) is 0.143. The number of nitrogens with one attached hydrogen (secondary N) is 1. The molecule has 1 N–H and O–H groups in total. The summed E-state index contributed by atoms with van der Waals surface area (Å²) in [5.74, 6) is -1.23. The number of allylic oxidation sites excluding steroid dienone is 1. The van der Waals surface area contributed by atoms with Crippen LogP contribution in [-0.4, -0.2) is 36.1 Å². The molecule has 0 aliphatic rings. The van der Waals surface area contributed by atoms with Gasteiger partial charge in [0, 0.05) is 29.3 Å². The first kappa shape index (κ1) is 23.6. The molecule has 3 rings (SSSR count). The topological polar surface area (TPSA) is 144 Å². The first-order valence-corrected chi connectivity index (χ1v) is 10.9. The summed E-state index contributed by atoms with van der Waals surface area (Å²) in [5, 5.41) is 25.8. The van der Waals surface area contributed by atoms with Gasteiger partial charge in [0.25, 0.3) is 5.69 Å². The van der Waals surface area contributed by atoms with Gasteiger partial charge in [-0.25, -0.2) is 14.6 Å². The third-order valence-corrected chi connectivity index (χ3v) is 6.56. The molecule has 3 aromatic rings. The average molecular weight is 485 g/mol. The van der Waals surface area contributed by atoms with Crippen LogP contribution in [0.3, 0.4) is 0 Å². The Labute approximate surface area is 195 Å². The van der Waals surface area contributed by atoms with E-state index in [1.54, 1.807) is 24.4 Å². The van der Waals surface area contributed by atoms with E-state index in [1.807, 2.05) is 6.07 Å². The number of non-ortho nitro benzene ring substituents is 1. The number of thiophene rings is 1. The molecule has 0 aliphatic heterocycles. The van der Waals surface area contributed by atoms with Gasteiger partial charge in [-0.1, -0.05) is 0 Å². The van der Waals surface area contributed by atoms with Gasteiger partial charge in [-0.15, -0.1) is 22.7 Å². The minimum absolute atomic E-state index is 0.0324. The Balaban J connectivity index is 1.91. The molecule has 2 heterocycles. The largest absolute Gasteiger partial charge is 0.465 e. The lowest BCUT2D eigenvalue weighted by molar-refractivity contribution is -0.384. The molecular weight excluding hydrogens is 468 g/mol. The van der Waals surface area contributed by atoms with E-state index in [0.29, 0.717) is 26.8 Å². The summed E-state index contributed by atoms with van der Waals surface area (Å²) in [5.41, 5.74) is 1.95. The van der Waals surface area contributed by atoms with Crippen LogP contribution in [-0.2, 0) is 9.47 Å². The fourth-order valence-electron chi connectivity index (χ4n) is 2.81. The molecule has 10 nitrogen and oxygen atoms in total. The lowest BCUT2D eigenvalue weighted by Crippen LogP contribution is -2.06. The Kier molecular flexibility index (Phi) is 7.17. The number of rotatable bonds is 7. The summed E-state index contributed by atoms with van der Waals surface area (Å²) in [6, 6.07) is 7.97. The zero-order valence-electron chi connectivity index (χ0n) is 17.6. The second-order valence-electron chi connectivity index (χ2n) is 6.40. The smallest absolute Gasteiger partial charge is 0.348 e. The van der Waals surface area contributed by atoms with Crippen molar-refractivity contribution in [3.05, 3.63) is 67.0 Å². The van der Waals surface area contributed by atoms with Crippen LogP contribution in [0.1, 0.15) is 30.6 Å². The van der Waals surface area contributed by atoms with Crippen molar-refractivity contribution in [3.63, 3.8) is 0 Å². The highest BCUT2D eigenvalue weighted by atomic mass is 32.1. The van der Waals surface area contributed by atoms with Gasteiger partial charge < -0.3 is 14.8 Å². The van der Waals surface area contributed by atoms with Crippen molar-refractivity contribution in [2.45, 2.75) is 6.92 Å². The van der Waals surface area contributed by atoms with E-state index in [1.165, 1.54) is 43.9 Å². The average Bonchev–Trinajstić information content (AvgIpc) is 3.43. The van der Waals surface area contributed by atoms with Crippen molar-refractivity contribution in [1.82, 2.24) is 4.98 Å². The van der Waals surface area contributed by atoms with Gasteiger partial charge in [0.2, 0.25) is 0 Å². The van der Waals surface area contributed by atoms with E-state index in [9.17, 15) is 25.0 Å². The zero-order valence-corrected chi connectivity index (χ0v) is 19.2. The molecule has 12 heteroatoms. The highest BCUT2D eigenvalue weighted by Crippen LogP contribution is 2.35. The van der Waals surface area contributed by atoms with Crippen LogP contribution < -0.4 is 5.32 Å². The lowest BCUT2D eigenvalue weighted by atomic mass is 10.1. The number of methoxy groups -OCH3 is 2. The van der Waals surface area contributed by atoms with Gasteiger partial charge in [-0.2, -0.15) is 5.26 Å². The number of nitrogens with zero attached hydrogens (tertiary/aromatic N) is 3. The maximum Gasteiger partial charge on any atom is 0.348 e. The second kappa shape index (κ2) is 10.0. The number of nitro groups is 1. The number of aromatic nitrogens is 1. The van der Waals surface area contributed by atoms with Crippen molar-refractivity contribution in [2.75, 3.05) is 19.5 Å². The molecule has 0 atom stereocenters. The summed E-state index contributed by atoms with van der Waals surface area (Å²) in [6.07, 6.45) is 1.39. The van der Waals surface area contributed by atoms with E-state index in [2.05, 4.69) is 10.3 Å². The number of esters is 2. The molecule has 33 heavy (non-hydrogen) atoms. The molecule has 0 aliphatic carbocycles. The van der Waals surface area contributed by atoms with E-state index < -0.39 is 16.9 Å². The number of nitriles is 1. The Morgan fingerprint density at radius 3 is 2.45 bits per heavy atom. The third-order valence-electron chi connectivity index (χ3n) is 4.48. The Morgan fingerprint density at radius 1 is 1.21 bits per heavy atom. The fourth-order valence-corrected chi connectivity index (χ4v) is 4.69. The quantitative estimate of drug-likeness (QED) is 0.219. The lowest BCUT2D eigenvalue weighted by Gasteiger charge is -2.03. The molecule has 0 saturated heterocycles. The maximum atomic E-state index is 12.2. The molecule has 0 radical (unpaired) electrons. The van der Waals surface area contributed by atoms with Gasteiger partial charge >= 0.3 is 11.9 Å². The number of hydrogen-bond donors (Lipinski definition) is 1. The monoisotopic (exact) mass is 484 g/mol. The predicted molar refractivity (Wildman–Crippen MR) is 123 cm³/mol. The molecule has 0 saturated carbocycles. The van der Waals surface area contributed by atoms with Crippen LogP contribution >= 0.6 is 22.7 Å². The molecule has 0 fully saturated rings. The van der Waals surface area contributed by atoms with Crippen LogP contribution in [0.4, 0.5) is 10.7 Å². The summed E-state index contributed by atoms with van der Waals surface area (Å²) < 4.78 is 9.57. The third kappa shape index (κ3) is 4.89. The zero-order chi connectivity index (χ0) is 24.1. The minimum atomic E-state index is -0.636. The number of benzene rings is 1. The molecule has 0 spiro atoms. The number of thiazole rings is 1. The summed E-state index contributed by atoms with van der Waals surface area (Å²) in [6.45, 7) is 1.60. The number of carbonyl (C=O) groups excluding carboxylic acids is 2. The normalized spacial score (nSPS) is 10.9. The summed E-state index contributed by atoms with van der Waals surface area (Å²) in [4.78, 5) is 39.3. The highest BCUT2D eigenvalue weighted by Gasteiger charge is 2.25. The van der Waals surface area contributed by atoms with E-state index in [0.717, 1.165) is 11.3 Å².